The molecule has 0 spiro atoms. The molecule has 5 atom stereocenters. The molecule has 4 aliphatic rings. The molecule has 5 rings (SSSR count). The second kappa shape index (κ2) is 10.2. The van der Waals surface area contributed by atoms with Crippen molar-refractivity contribution >= 4 is 11.6 Å². The van der Waals surface area contributed by atoms with Gasteiger partial charge in [0.25, 0.3) is 5.91 Å². The second-order valence-electron chi connectivity index (χ2n) is 9.87. The van der Waals surface area contributed by atoms with E-state index < -0.39 is 0 Å². The molecule has 1 amide bonds. The summed E-state index contributed by atoms with van der Waals surface area (Å²) in [6, 6.07) is 8.40. The van der Waals surface area contributed by atoms with Crippen LogP contribution < -0.4 is 37.4 Å². The van der Waals surface area contributed by atoms with Gasteiger partial charge in [-0.25, -0.2) is 10.9 Å². The lowest BCUT2D eigenvalue weighted by Crippen LogP contribution is -2.57. The fraction of sp³-hybridized carbons (Fsp3) is 0.696. The zero-order chi connectivity index (χ0) is 22.8. The Bertz CT molecular complexity index is 813. The molecule has 182 valence electrons. The van der Waals surface area contributed by atoms with Crippen LogP contribution in [0.1, 0.15) is 29.6 Å². The molecule has 10 heteroatoms. The monoisotopic (exact) mass is 457 g/mol. The van der Waals surface area contributed by atoms with Crippen LogP contribution in [0.2, 0.25) is 0 Å². The highest BCUT2D eigenvalue weighted by atomic mass is 16.1. The Kier molecular flexibility index (Phi) is 7.12. The van der Waals surface area contributed by atoms with E-state index in [-0.39, 0.29) is 30.4 Å². The highest BCUT2D eigenvalue weighted by Gasteiger charge is 2.41. The first-order valence-corrected chi connectivity index (χ1v) is 12.4. The molecule has 1 saturated carbocycles. The Morgan fingerprint density at radius 2 is 2.03 bits per heavy atom. The van der Waals surface area contributed by atoms with Gasteiger partial charge in [0.05, 0.1) is 24.5 Å². The van der Waals surface area contributed by atoms with E-state index in [2.05, 4.69) is 61.3 Å². The first-order valence-electron chi connectivity index (χ1n) is 12.4. The van der Waals surface area contributed by atoms with Gasteiger partial charge in [-0.2, -0.15) is 0 Å². The molecule has 0 bridgehead atoms. The Labute approximate surface area is 196 Å². The Balaban J connectivity index is 1.16. The van der Waals surface area contributed by atoms with Crippen LogP contribution in [0.4, 0.5) is 5.69 Å². The molecule has 7 N–H and O–H groups in total. The summed E-state index contributed by atoms with van der Waals surface area (Å²) in [5.41, 5.74) is 8.50. The average molecular weight is 458 g/mol. The van der Waals surface area contributed by atoms with Crippen molar-refractivity contribution in [3.05, 3.63) is 29.8 Å². The number of carbonyl (C=O) groups excluding carboxylic acids is 1. The SMILES string of the molecule is CN1CCNC1[C@H](NC(=O)c1cccc(NCC2NNC(C3CCNCN3)N2C)c1)C1CC1. The fourth-order valence-corrected chi connectivity index (χ4v) is 5.29. The molecule has 0 aromatic heterocycles. The number of hydrogen-bond donors (Lipinski definition) is 7. The van der Waals surface area contributed by atoms with Crippen molar-refractivity contribution < 1.29 is 4.79 Å². The standard InChI is InChI=1S/C23H39N9O/c1-31-11-10-25-22(31)20(15-6-7-15)28-23(33)16-4-3-5-17(12-16)26-13-19-29-30-21(32(19)2)18-8-9-24-14-27-18/h3-5,12,15,18-22,24-27,29-30H,6-11,13-14H2,1-2H3,(H,28,33)/t18?,19?,20-,21?,22?/m1/s1. The number of benzene rings is 1. The molecule has 4 unspecified atom stereocenters. The normalized spacial score (nSPS) is 32.1. The van der Waals surface area contributed by atoms with Crippen molar-refractivity contribution in [3.63, 3.8) is 0 Å². The highest BCUT2D eigenvalue weighted by Crippen LogP contribution is 2.35. The lowest BCUT2D eigenvalue weighted by Gasteiger charge is -2.33. The Morgan fingerprint density at radius 1 is 1.15 bits per heavy atom. The quantitative estimate of drug-likeness (QED) is 0.266. The van der Waals surface area contributed by atoms with Crippen LogP contribution in [0.15, 0.2) is 24.3 Å². The molecule has 3 saturated heterocycles. The summed E-state index contributed by atoms with van der Waals surface area (Å²) in [7, 11) is 4.27. The van der Waals surface area contributed by atoms with Crippen LogP contribution in [0.3, 0.4) is 0 Å². The van der Waals surface area contributed by atoms with Gasteiger partial charge in [-0.15, -0.1) is 0 Å². The second-order valence-corrected chi connectivity index (χ2v) is 9.87. The van der Waals surface area contributed by atoms with E-state index in [1.165, 1.54) is 12.8 Å². The average Bonchev–Trinajstić information content (AvgIpc) is 3.50. The first-order chi connectivity index (χ1) is 16.1. The van der Waals surface area contributed by atoms with Gasteiger partial charge in [0, 0.05) is 43.6 Å². The van der Waals surface area contributed by atoms with Crippen LogP contribution in [-0.2, 0) is 0 Å². The van der Waals surface area contributed by atoms with Crippen molar-refractivity contribution in [3.8, 4) is 0 Å². The number of likely N-dealkylation sites (N-methyl/N-ethyl adjacent to an activating group) is 2. The summed E-state index contributed by atoms with van der Waals surface area (Å²) in [5.74, 6) is 0.583. The van der Waals surface area contributed by atoms with E-state index in [4.69, 9.17) is 0 Å². The van der Waals surface area contributed by atoms with E-state index in [9.17, 15) is 4.79 Å². The number of nitrogens with one attached hydrogen (secondary N) is 7. The predicted octanol–water partition coefficient (Wildman–Crippen LogP) is -0.931. The lowest BCUT2D eigenvalue weighted by atomic mass is 10.1. The molecule has 3 heterocycles. The summed E-state index contributed by atoms with van der Waals surface area (Å²) >= 11 is 0. The lowest BCUT2D eigenvalue weighted by molar-refractivity contribution is 0.0897. The summed E-state index contributed by atoms with van der Waals surface area (Å²) in [4.78, 5) is 17.7. The minimum atomic E-state index is 0.00692. The Hall–Kier alpha value is -1.79. The molecule has 3 aliphatic heterocycles. The number of nitrogens with zero attached hydrogens (tertiary/aromatic N) is 2. The maximum atomic E-state index is 13.1. The highest BCUT2D eigenvalue weighted by molar-refractivity contribution is 5.95. The fourth-order valence-electron chi connectivity index (χ4n) is 5.29. The van der Waals surface area contributed by atoms with E-state index >= 15 is 0 Å². The number of amides is 1. The zero-order valence-electron chi connectivity index (χ0n) is 19.7. The maximum Gasteiger partial charge on any atom is 0.251 e. The number of hydrazine groups is 1. The summed E-state index contributed by atoms with van der Waals surface area (Å²) < 4.78 is 0. The smallest absolute Gasteiger partial charge is 0.251 e. The zero-order valence-corrected chi connectivity index (χ0v) is 19.7. The Morgan fingerprint density at radius 3 is 2.76 bits per heavy atom. The summed E-state index contributed by atoms with van der Waals surface area (Å²) in [5, 5.41) is 17.3. The predicted molar refractivity (Wildman–Crippen MR) is 129 cm³/mol. The van der Waals surface area contributed by atoms with Crippen LogP contribution in [0, 0.1) is 5.92 Å². The molecular weight excluding hydrogens is 418 g/mol. The molecule has 10 nitrogen and oxygen atoms in total. The summed E-state index contributed by atoms with van der Waals surface area (Å²) in [6.07, 6.45) is 4.12. The van der Waals surface area contributed by atoms with Gasteiger partial charge in [-0.05, 0) is 64.0 Å². The van der Waals surface area contributed by atoms with Crippen LogP contribution in [0.5, 0.6) is 0 Å². The third kappa shape index (κ3) is 5.32. The largest absolute Gasteiger partial charge is 0.382 e. The third-order valence-corrected chi connectivity index (χ3v) is 7.52. The molecule has 1 aliphatic carbocycles. The number of anilines is 1. The van der Waals surface area contributed by atoms with Gasteiger partial charge in [-0.1, -0.05) is 6.07 Å². The van der Waals surface area contributed by atoms with Crippen molar-refractivity contribution in [2.45, 2.75) is 49.8 Å². The van der Waals surface area contributed by atoms with Crippen LogP contribution >= 0.6 is 0 Å². The topological polar surface area (TPSA) is 108 Å². The van der Waals surface area contributed by atoms with Gasteiger partial charge in [0.2, 0.25) is 0 Å². The van der Waals surface area contributed by atoms with Gasteiger partial charge >= 0.3 is 0 Å². The van der Waals surface area contributed by atoms with Crippen molar-refractivity contribution in [2.75, 3.05) is 52.3 Å². The third-order valence-electron chi connectivity index (χ3n) is 7.52. The van der Waals surface area contributed by atoms with Gasteiger partial charge in [0.1, 0.15) is 0 Å². The number of hydrogen-bond acceptors (Lipinski definition) is 9. The molecular formula is C23H39N9O. The van der Waals surface area contributed by atoms with Crippen LogP contribution in [0.25, 0.3) is 0 Å². The molecule has 0 radical (unpaired) electrons. The van der Waals surface area contributed by atoms with E-state index in [1.807, 2.05) is 24.3 Å². The van der Waals surface area contributed by atoms with Crippen molar-refractivity contribution in [1.82, 2.24) is 41.9 Å². The molecule has 33 heavy (non-hydrogen) atoms. The van der Waals surface area contributed by atoms with Crippen molar-refractivity contribution in [1.29, 1.82) is 0 Å². The van der Waals surface area contributed by atoms with Gasteiger partial charge in [-0.3, -0.25) is 25.2 Å². The molecule has 4 fully saturated rings. The van der Waals surface area contributed by atoms with E-state index in [1.54, 1.807) is 0 Å². The first kappa shape index (κ1) is 23.0. The van der Waals surface area contributed by atoms with E-state index in [0.29, 0.717) is 17.5 Å². The van der Waals surface area contributed by atoms with Gasteiger partial charge < -0.3 is 16.0 Å². The minimum absolute atomic E-state index is 0.00692. The maximum absolute atomic E-state index is 13.1. The molecule has 1 aromatic rings. The number of carbonyl (C=O) groups is 1. The van der Waals surface area contributed by atoms with Crippen LogP contribution in [-0.4, -0.2) is 93.2 Å². The summed E-state index contributed by atoms with van der Waals surface area (Å²) in [6.45, 7) is 4.62. The van der Waals surface area contributed by atoms with E-state index in [0.717, 1.165) is 45.0 Å². The van der Waals surface area contributed by atoms with Crippen molar-refractivity contribution in [2.24, 2.45) is 5.92 Å². The number of rotatable bonds is 8. The molecule has 1 aromatic carbocycles. The van der Waals surface area contributed by atoms with Gasteiger partial charge in [0.15, 0.2) is 0 Å². The minimum Gasteiger partial charge on any atom is -0.382 e.